The number of aliphatic imine (C=N–C) groups is 1. The second-order valence-electron chi connectivity index (χ2n) is 3.00. The molecular weight excluding hydrogens is 267 g/mol. The molecule has 6 heteroatoms. The normalized spacial score (nSPS) is 18.0. The zero-order chi connectivity index (χ0) is 11.7. The van der Waals surface area contributed by atoms with Crippen molar-refractivity contribution >= 4 is 52.1 Å². The van der Waals surface area contributed by atoms with Gasteiger partial charge in [-0.3, -0.25) is 4.79 Å². The fourth-order valence-electron chi connectivity index (χ4n) is 1.21. The van der Waals surface area contributed by atoms with Gasteiger partial charge in [-0.15, -0.1) is 0 Å². The minimum atomic E-state index is -0.363. The van der Waals surface area contributed by atoms with Gasteiger partial charge in [0.2, 0.25) is 0 Å². The maximum Gasteiger partial charge on any atom is 0.286 e. The maximum absolute atomic E-state index is 11.4. The van der Waals surface area contributed by atoms with Crippen molar-refractivity contribution in [1.29, 1.82) is 0 Å². The molecule has 1 aliphatic heterocycles. The Morgan fingerprint density at radius 2 is 1.94 bits per heavy atom. The third-order valence-electron chi connectivity index (χ3n) is 1.91. The summed E-state index contributed by atoms with van der Waals surface area (Å²) >= 11 is 13.1. The zero-order valence-electron chi connectivity index (χ0n) is 7.91. The van der Waals surface area contributed by atoms with E-state index in [2.05, 4.69) is 4.99 Å². The van der Waals surface area contributed by atoms with Crippen LogP contribution in [0.2, 0.25) is 10.0 Å². The second kappa shape index (κ2) is 4.49. The summed E-state index contributed by atoms with van der Waals surface area (Å²) in [4.78, 5) is 15.4. The number of halogens is 2. The summed E-state index contributed by atoms with van der Waals surface area (Å²) in [7, 11) is 0. The first-order chi connectivity index (χ1) is 7.58. The summed E-state index contributed by atoms with van der Waals surface area (Å²) in [5, 5.41) is 1.21. The van der Waals surface area contributed by atoms with Crippen molar-refractivity contribution in [2.45, 2.75) is 0 Å². The van der Waals surface area contributed by atoms with Gasteiger partial charge in [-0.05, 0) is 30.0 Å². The monoisotopic (exact) mass is 272 g/mol. The van der Waals surface area contributed by atoms with E-state index in [0.29, 0.717) is 20.5 Å². The number of hydrogen-bond donors (Lipinski definition) is 1. The molecule has 1 amide bonds. The molecule has 0 atom stereocenters. The molecule has 0 fully saturated rings. The number of thioether (sulfide) groups is 1. The number of hydrogen-bond acceptors (Lipinski definition) is 3. The molecule has 2 rings (SSSR count). The third-order valence-corrected chi connectivity index (χ3v) is 3.38. The minimum Gasteiger partial charge on any atom is -0.378 e. The van der Waals surface area contributed by atoms with Crippen molar-refractivity contribution in [3.63, 3.8) is 0 Å². The molecule has 1 aromatic carbocycles. The summed E-state index contributed by atoms with van der Waals surface area (Å²) < 4.78 is 0. The first kappa shape index (κ1) is 11.5. The van der Waals surface area contributed by atoms with Crippen LogP contribution in [-0.2, 0) is 4.79 Å². The number of rotatable bonds is 1. The van der Waals surface area contributed by atoms with Crippen LogP contribution in [0.15, 0.2) is 28.1 Å². The van der Waals surface area contributed by atoms with E-state index in [1.54, 1.807) is 24.3 Å². The number of amidine groups is 1. The number of carbonyl (C=O) groups is 1. The van der Waals surface area contributed by atoms with Gasteiger partial charge < -0.3 is 5.73 Å². The Kier molecular flexibility index (Phi) is 3.23. The van der Waals surface area contributed by atoms with E-state index in [1.807, 2.05) is 0 Å². The molecule has 2 N–H and O–H groups in total. The molecule has 0 spiro atoms. The van der Waals surface area contributed by atoms with Crippen LogP contribution in [0.3, 0.4) is 0 Å². The predicted octanol–water partition coefficient (Wildman–Crippen LogP) is 2.92. The van der Waals surface area contributed by atoms with Gasteiger partial charge in [-0.1, -0.05) is 29.3 Å². The highest BCUT2D eigenvalue weighted by Crippen LogP contribution is 2.32. The molecule has 0 bridgehead atoms. The van der Waals surface area contributed by atoms with Crippen LogP contribution < -0.4 is 5.73 Å². The van der Waals surface area contributed by atoms with Crippen LogP contribution >= 0.6 is 35.0 Å². The fourth-order valence-corrected chi connectivity index (χ4v) is 2.38. The standard InChI is InChI=1S/C10H6Cl2N2OS/c11-6-2-1-3-7(12)5(6)4-8-9(15)14-10(13)16-8/h1-4H,(H2,13,14,15)/b8-4+. The highest BCUT2D eigenvalue weighted by atomic mass is 35.5. The van der Waals surface area contributed by atoms with E-state index in [1.165, 1.54) is 0 Å². The van der Waals surface area contributed by atoms with Gasteiger partial charge in [0.25, 0.3) is 5.91 Å². The summed E-state index contributed by atoms with van der Waals surface area (Å²) in [6.45, 7) is 0. The van der Waals surface area contributed by atoms with Crippen molar-refractivity contribution in [2.75, 3.05) is 0 Å². The van der Waals surface area contributed by atoms with Gasteiger partial charge in [0.1, 0.15) is 0 Å². The van der Waals surface area contributed by atoms with Crippen molar-refractivity contribution in [3.8, 4) is 0 Å². The Balaban J connectivity index is 2.42. The smallest absolute Gasteiger partial charge is 0.286 e. The van der Waals surface area contributed by atoms with E-state index in [9.17, 15) is 4.79 Å². The first-order valence-electron chi connectivity index (χ1n) is 4.30. The lowest BCUT2D eigenvalue weighted by Gasteiger charge is -2.01. The minimum absolute atomic E-state index is 0.236. The molecule has 0 aromatic heterocycles. The molecule has 1 aliphatic rings. The molecule has 1 aromatic rings. The van der Waals surface area contributed by atoms with Gasteiger partial charge in [-0.2, -0.15) is 4.99 Å². The molecule has 0 saturated heterocycles. The van der Waals surface area contributed by atoms with Crippen LogP contribution in [0.5, 0.6) is 0 Å². The van der Waals surface area contributed by atoms with E-state index in [0.717, 1.165) is 11.8 Å². The summed E-state index contributed by atoms with van der Waals surface area (Å²) in [5.74, 6) is -0.363. The lowest BCUT2D eigenvalue weighted by atomic mass is 10.2. The van der Waals surface area contributed by atoms with Gasteiger partial charge in [0, 0.05) is 15.6 Å². The lowest BCUT2D eigenvalue weighted by molar-refractivity contribution is -0.113. The summed E-state index contributed by atoms with van der Waals surface area (Å²) in [6, 6.07) is 5.14. The highest BCUT2D eigenvalue weighted by Gasteiger charge is 2.20. The topological polar surface area (TPSA) is 55.4 Å². The summed E-state index contributed by atoms with van der Waals surface area (Å²) in [6.07, 6.45) is 1.60. The largest absolute Gasteiger partial charge is 0.378 e. The number of amides is 1. The summed E-state index contributed by atoms with van der Waals surface area (Å²) in [5.41, 5.74) is 6.03. The number of benzene rings is 1. The quantitative estimate of drug-likeness (QED) is 0.800. The Labute approximate surface area is 106 Å². The molecule has 1 heterocycles. The Hall–Kier alpha value is -0.970. The van der Waals surface area contributed by atoms with E-state index in [4.69, 9.17) is 28.9 Å². The van der Waals surface area contributed by atoms with E-state index >= 15 is 0 Å². The molecule has 3 nitrogen and oxygen atoms in total. The lowest BCUT2D eigenvalue weighted by Crippen LogP contribution is -2.01. The molecule has 0 saturated carbocycles. The highest BCUT2D eigenvalue weighted by molar-refractivity contribution is 8.18. The van der Waals surface area contributed by atoms with Crippen LogP contribution in [-0.4, -0.2) is 11.1 Å². The average molecular weight is 273 g/mol. The Morgan fingerprint density at radius 1 is 1.31 bits per heavy atom. The fraction of sp³-hybridized carbons (Fsp3) is 0. The van der Waals surface area contributed by atoms with Gasteiger partial charge in [0.05, 0.1) is 4.91 Å². The van der Waals surface area contributed by atoms with Crippen LogP contribution in [0.1, 0.15) is 5.56 Å². The first-order valence-corrected chi connectivity index (χ1v) is 5.87. The molecule has 0 aliphatic carbocycles. The Bertz CT molecular complexity index is 505. The zero-order valence-corrected chi connectivity index (χ0v) is 10.2. The second-order valence-corrected chi connectivity index (χ2v) is 4.88. The maximum atomic E-state index is 11.4. The molecular formula is C10H6Cl2N2OS. The third kappa shape index (κ3) is 2.24. The number of carbonyl (C=O) groups excluding carboxylic acids is 1. The van der Waals surface area contributed by atoms with Crippen LogP contribution in [0.25, 0.3) is 6.08 Å². The van der Waals surface area contributed by atoms with Crippen LogP contribution in [0, 0.1) is 0 Å². The van der Waals surface area contributed by atoms with Gasteiger partial charge in [-0.25, -0.2) is 0 Å². The van der Waals surface area contributed by atoms with Crippen LogP contribution in [0.4, 0.5) is 0 Å². The molecule has 0 unspecified atom stereocenters. The predicted molar refractivity (Wildman–Crippen MR) is 68.7 cm³/mol. The van der Waals surface area contributed by atoms with Crippen molar-refractivity contribution in [2.24, 2.45) is 10.7 Å². The van der Waals surface area contributed by atoms with Crippen molar-refractivity contribution < 1.29 is 4.79 Å². The van der Waals surface area contributed by atoms with Crippen molar-refractivity contribution in [3.05, 3.63) is 38.7 Å². The molecule has 0 radical (unpaired) electrons. The van der Waals surface area contributed by atoms with Gasteiger partial charge in [0.15, 0.2) is 5.17 Å². The SMILES string of the molecule is NC1=NC(=O)/C(=C\c2c(Cl)cccc2Cl)S1. The van der Waals surface area contributed by atoms with E-state index < -0.39 is 0 Å². The average Bonchev–Trinajstić information content (AvgIpc) is 2.51. The number of nitrogens with zero attached hydrogens (tertiary/aromatic N) is 1. The van der Waals surface area contributed by atoms with Gasteiger partial charge >= 0.3 is 0 Å². The Morgan fingerprint density at radius 3 is 2.44 bits per heavy atom. The van der Waals surface area contributed by atoms with Crippen molar-refractivity contribution in [1.82, 2.24) is 0 Å². The number of nitrogens with two attached hydrogens (primary N) is 1. The molecule has 82 valence electrons. The molecule has 16 heavy (non-hydrogen) atoms. The van der Waals surface area contributed by atoms with E-state index in [-0.39, 0.29) is 11.1 Å².